The van der Waals surface area contributed by atoms with E-state index in [1.807, 2.05) is 42.6 Å². The molecule has 1 aromatic heterocycles. The number of aliphatic carboxylic acids is 1. The molecule has 4 N–H and O–H groups in total. The molecule has 0 radical (unpaired) electrons. The number of carboxylic acids is 1. The highest BCUT2D eigenvalue weighted by Gasteiger charge is 2.16. The Morgan fingerprint density at radius 3 is 2.80 bits per heavy atom. The molecule has 3 aromatic rings. The quantitative estimate of drug-likeness (QED) is 0.530. The molecule has 0 saturated carbocycles. The molecule has 6 heteroatoms. The highest BCUT2D eigenvalue weighted by atomic mass is 16.5. The van der Waals surface area contributed by atoms with Gasteiger partial charge in [0, 0.05) is 34.8 Å². The molecule has 1 atom stereocenters. The van der Waals surface area contributed by atoms with Gasteiger partial charge in [-0.15, -0.1) is 0 Å². The Morgan fingerprint density at radius 2 is 2.08 bits per heavy atom. The summed E-state index contributed by atoms with van der Waals surface area (Å²) in [4.78, 5) is 14.2. The van der Waals surface area contributed by atoms with Gasteiger partial charge in [0.2, 0.25) is 0 Å². The molecule has 0 aliphatic heterocycles. The number of aliphatic hydroxyl groups excluding tert-OH is 1. The van der Waals surface area contributed by atoms with Crippen LogP contribution < -0.4 is 10.1 Å². The minimum atomic E-state index is -1.09. The SMILES string of the molecule is COc1cc(-c2c[nH]c3ccccc23)ccc1CN[C@H](CO)C(=O)O. The fraction of sp³-hybridized carbons (Fsp3) is 0.211. The second-order valence-electron chi connectivity index (χ2n) is 5.73. The average Bonchev–Trinajstić information content (AvgIpc) is 3.06. The number of aromatic amines is 1. The number of benzene rings is 2. The van der Waals surface area contributed by atoms with Gasteiger partial charge in [-0.3, -0.25) is 10.1 Å². The van der Waals surface area contributed by atoms with Crippen LogP contribution in [-0.4, -0.2) is 40.9 Å². The molecule has 130 valence electrons. The second-order valence-corrected chi connectivity index (χ2v) is 5.73. The first-order chi connectivity index (χ1) is 12.1. The van der Waals surface area contributed by atoms with Crippen molar-refractivity contribution in [2.45, 2.75) is 12.6 Å². The van der Waals surface area contributed by atoms with Crippen molar-refractivity contribution in [3.63, 3.8) is 0 Å². The fourth-order valence-corrected chi connectivity index (χ4v) is 2.83. The monoisotopic (exact) mass is 340 g/mol. The smallest absolute Gasteiger partial charge is 0.323 e. The van der Waals surface area contributed by atoms with E-state index in [2.05, 4.69) is 16.4 Å². The van der Waals surface area contributed by atoms with Crippen molar-refractivity contribution in [3.05, 3.63) is 54.2 Å². The average molecular weight is 340 g/mol. The van der Waals surface area contributed by atoms with Crippen molar-refractivity contribution < 1.29 is 19.7 Å². The number of aliphatic hydroxyl groups is 1. The van der Waals surface area contributed by atoms with Crippen molar-refractivity contribution in [2.24, 2.45) is 0 Å². The number of nitrogens with one attached hydrogen (secondary N) is 2. The summed E-state index contributed by atoms with van der Waals surface area (Å²) in [5, 5.41) is 22.0. The zero-order valence-electron chi connectivity index (χ0n) is 13.8. The Bertz CT molecular complexity index is 888. The number of para-hydroxylation sites is 1. The van der Waals surface area contributed by atoms with E-state index in [1.165, 1.54) is 0 Å². The van der Waals surface area contributed by atoms with E-state index >= 15 is 0 Å². The summed E-state index contributed by atoms with van der Waals surface area (Å²) in [6.07, 6.45) is 1.96. The molecule has 0 fully saturated rings. The topological polar surface area (TPSA) is 94.6 Å². The molecule has 0 amide bonds. The number of aromatic nitrogens is 1. The van der Waals surface area contributed by atoms with E-state index in [0.29, 0.717) is 5.75 Å². The molecule has 25 heavy (non-hydrogen) atoms. The van der Waals surface area contributed by atoms with E-state index < -0.39 is 18.6 Å². The standard InChI is InChI=1S/C19H20N2O4/c1-25-18-8-12(15-10-21-16-5-3-2-4-14(15)16)6-7-13(18)9-20-17(11-22)19(23)24/h2-8,10,17,20-22H,9,11H2,1H3,(H,23,24)/t17-/m1/s1. The molecule has 0 aliphatic carbocycles. The first kappa shape index (κ1) is 17.0. The fourth-order valence-electron chi connectivity index (χ4n) is 2.83. The number of carboxylic acid groups (broad SMARTS) is 1. The van der Waals surface area contributed by atoms with E-state index in [-0.39, 0.29) is 6.54 Å². The van der Waals surface area contributed by atoms with Gasteiger partial charge in [0.1, 0.15) is 11.8 Å². The Morgan fingerprint density at radius 1 is 1.28 bits per heavy atom. The number of rotatable bonds is 7. The van der Waals surface area contributed by atoms with Gasteiger partial charge < -0.3 is 19.9 Å². The van der Waals surface area contributed by atoms with Gasteiger partial charge in [-0.25, -0.2) is 0 Å². The number of H-pyrrole nitrogens is 1. The highest BCUT2D eigenvalue weighted by molar-refractivity contribution is 5.95. The molecule has 0 bridgehead atoms. The number of methoxy groups -OCH3 is 1. The van der Waals surface area contributed by atoms with Crippen LogP contribution in [-0.2, 0) is 11.3 Å². The van der Waals surface area contributed by atoms with Crippen LogP contribution in [0, 0.1) is 0 Å². The Hall–Kier alpha value is -2.83. The van der Waals surface area contributed by atoms with E-state index in [0.717, 1.165) is 27.6 Å². The Kier molecular flexibility index (Phi) is 5.02. The van der Waals surface area contributed by atoms with Crippen LogP contribution >= 0.6 is 0 Å². The summed E-state index contributed by atoms with van der Waals surface area (Å²) >= 11 is 0. The lowest BCUT2D eigenvalue weighted by molar-refractivity contribution is -0.140. The van der Waals surface area contributed by atoms with Crippen molar-refractivity contribution in [1.29, 1.82) is 0 Å². The van der Waals surface area contributed by atoms with E-state index in [1.54, 1.807) is 7.11 Å². The zero-order valence-corrected chi connectivity index (χ0v) is 13.8. The minimum absolute atomic E-state index is 0.287. The van der Waals surface area contributed by atoms with Crippen LogP contribution in [0.15, 0.2) is 48.7 Å². The summed E-state index contributed by atoms with van der Waals surface area (Å²) in [5.41, 5.74) is 3.97. The van der Waals surface area contributed by atoms with Crippen LogP contribution in [0.2, 0.25) is 0 Å². The molecule has 0 saturated heterocycles. The van der Waals surface area contributed by atoms with Gasteiger partial charge in [0.25, 0.3) is 0 Å². The summed E-state index contributed by atoms with van der Waals surface area (Å²) < 4.78 is 5.46. The lowest BCUT2D eigenvalue weighted by Gasteiger charge is -2.14. The van der Waals surface area contributed by atoms with Crippen molar-refractivity contribution in [2.75, 3.05) is 13.7 Å². The lowest BCUT2D eigenvalue weighted by atomic mass is 10.0. The first-order valence-corrected chi connectivity index (χ1v) is 7.94. The molecule has 0 spiro atoms. The number of carbonyl (C=O) groups is 1. The summed E-state index contributed by atoms with van der Waals surface area (Å²) in [6.45, 7) is -0.181. The number of hydrogen-bond acceptors (Lipinski definition) is 4. The van der Waals surface area contributed by atoms with Crippen molar-refractivity contribution >= 4 is 16.9 Å². The van der Waals surface area contributed by atoms with Crippen LogP contribution in [0.1, 0.15) is 5.56 Å². The van der Waals surface area contributed by atoms with Gasteiger partial charge in [-0.05, 0) is 17.7 Å². The van der Waals surface area contributed by atoms with Gasteiger partial charge >= 0.3 is 5.97 Å². The molecular formula is C19H20N2O4. The van der Waals surface area contributed by atoms with Crippen LogP contribution in [0.25, 0.3) is 22.0 Å². The largest absolute Gasteiger partial charge is 0.496 e. The van der Waals surface area contributed by atoms with Gasteiger partial charge in [-0.2, -0.15) is 0 Å². The molecule has 2 aromatic carbocycles. The number of hydrogen-bond donors (Lipinski definition) is 4. The number of fused-ring (bicyclic) bond motifs is 1. The highest BCUT2D eigenvalue weighted by Crippen LogP contribution is 2.32. The van der Waals surface area contributed by atoms with Gasteiger partial charge in [0.05, 0.1) is 13.7 Å². The van der Waals surface area contributed by atoms with Crippen LogP contribution in [0.3, 0.4) is 0 Å². The van der Waals surface area contributed by atoms with Gasteiger partial charge in [0.15, 0.2) is 0 Å². The maximum absolute atomic E-state index is 11.0. The summed E-state index contributed by atoms with van der Waals surface area (Å²) in [5.74, 6) is -0.422. The molecule has 1 heterocycles. The lowest BCUT2D eigenvalue weighted by Crippen LogP contribution is -2.39. The third-order valence-electron chi connectivity index (χ3n) is 4.21. The minimum Gasteiger partial charge on any atom is -0.496 e. The predicted octanol–water partition coefficient (Wildman–Crippen LogP) is 2.38. The predicted molar refractivity (Wildman–Crippen MR) is 95.6 cm³/mol. The summed E-state index contributed by atoms with van der Waals surface area (Å²) in [7, 11) is 1.58. The molecule has 3 rings (SSSR count). The number of ether oxygens (including phenoxy) is 1. The Labute approximate surface area is 145 Å². The Balaban J connectivity index is 1.88. The van der Waals surface area contributed by atoms with Crippen LogP contribution in [0.5, 0.6) is 5.75 Å². The van der Waals surface area contributed by atoms with Crippen molar-refractivity contribution in [1.82, 2.24) is 10.3 Å². The molecule has 0 unspecified atom stereocenters. The van der Waals surface area contributed by atoms with E-state index in [9.17, 15) is 4.79 Å². The second kappa shape index (κ2) is 7.38. The van der Waals surface area contributed by atoms with E-state index in [4.69, 9.17) is 14.9 Å². The molecular weight excluding hydrogens is 320 g/mol. The maximum atomic E-state index is 11.0. The van der Waals surface area contributed by atoms with Crippen molar-refractivity contribution in [3.8, 4) is 16.9 Å². The van der Waals surface area contributed by atoms with Crippen LogP contribution in [0.4, 0.5) is 0 Å². The molecule has 6 nitrogen and oxygen atoms in total. The third kappa shape index (κ3) is 3.50. The third-order valence-corrected chi connectivity index (χ3v) is 4.21. The van der Waals surface area contributed by atoms with Gasteiger partial charge in [-0.1, -0.05) is 30.3 Å². The first-order valence-electron chi connectivity index (χ1n) is 7.94. The zero-order chi connectivity index (χ0) is 17.8. The maximum Gasteiger partial charge on any atom is 0.323 e. The summed E-state index contributed by atoms with van der Waals surface area (Å²) in [6, 6.07) is 12.9. The molecule has 0 aliphatic rings. The normalized spacial score (nSPS) is 12.2.